The van der Waals surface area contributed by atoms with Gasteiger partial charge in [-0.1, -0.05) is 13.8 Å². The Labute approximate surface area is 181 Å². The van der Waals surface area contributed by atoms with Gasteiger partial charge in [-0.25, -0.2) is 10.3 Å². The Balaban J connectivity index is 1.94. The van der Waals surface area contributed by atoms with Gasteiger partial charge in [0.05, 0.1) is 31.6 Å². The van der Waals surface area contributed by atoms with E-state index in [0.717, 1.165) is 40.1 Å². The van der Waals surface area contributed by atoms with Gasteiger partial charge in [0.1, 0.15) is 11.4 Å². The van der Waals surface area contributed by atoms with Crippen LogP contribution in [0.15, 0.2) is 23.3 Å². The first kappa shape index (κ1) is 21.2. The van der Waals surface area contributed by atoms with Gasteiger partial charge in [-0.15, -0.1) is 10.2 Å². The molecule has 0 saturated heterocycles. The van der Waals surface area contributed by atoms with Crippen molar-refractivity contribution >= 4 is 11.8 Å². The van der Waals surface area contributed by atoms with Crippen LogP contribution in [0.5, 0.6) is 5.75 Å². The Morgan fingerprint density at radius 2 is 2.06 bits per heavy atom. The molecule has 0 saturated carbocycles. The van der Waals surface area contributed by atoms with Crippen LogP contribution in [0.1, 0.15) is 48.0 Å². The average Bonchev–Trinajstić information content (AvgIpc) is 3.37. The number of aliphatic hydroxyl groups is 1. The lowest BCUT2D eigenvalue weighted by Crippen LogP contribution is -2.37. The number of esters is 1. The van der Waals surface area contributed by atoms with Crippen LogP contribution in [0.4, 0.5) is 0 Å². The highest BCUT2D eigenvalue weighted by Crippen LogP contribution is 2.42. The summed E-state index contributed by atoms with van der Waals surface area (Å²) in [5.41, 5.74) is 10.7. The van der Waals surface area contributed by atoms with Gasteiger partial charge < -0.3 is 19.1 Å². The van der Waals surface area contributed by atoms with E-state index in [1.54, 1.807) is 19.2 Å². The molecule has 4 rings (SSSR count). The minimum Gasteiger partial charge on any atom is -0.496 e. The zero-order valence-electron chi connectivity index (χ0n) is 18.6. The van der Waals surface area contributed by atoms with E-state index < -0.39 is 5.41 Å². The number of hydrogen-bond acceptors (Lipinski definition) is 8. The van der Waals surface area contributed by atoms with Gasteiger partial charge in [0.15, 0.2) is 5.84 Å². The van der Waals surface area contributed by atoms with Crippen LogP contribution >= 0.6 is 0 Å². The van der Waals surface area contributed by atoms with Gasteiger partial charge in [0.25, 0.3) is 0 Å². The molecule has 0 amide bonds. The lowest BCUT2D eigenvalue weighted by atomic mass is 9.82. The highest BCUT2D eigenvalue weighted by Gasteiger charge is 2.34. The molecule has 0 radical (unpaired) electrons. The molecule has 0 bridgehead atoms. The van der Waals surface area contributed by atoms with E-state index >= 15 is 0 Å². The number of aromatic nitrogens is 1. The number of carbonyl (C=O) groups is 1. The van der Waals surface area contributed by atoms with Crippen molar-refractivity contribution in [3.8, 4) is 17.0 Å². The Bertz CT molecular complexity index is 1060. The van der Waals surface area contributed by atoms with Crippen LogP contribution in [0.2, 0.25) is 0 Å². The second-order valence-electron chi connectivity index (χ2n) is 8.40. The molecular formula is C22H29N5O4. The molecule has 9 nitrogen and oxygen atoms in total. The van der Waals surface area contributed by atoms with Crippen molar-refractivity contribution in [2.45, 2.75) is 39.2 Å². The number of carbonyl (C=O) groups excluding carboxylic acids is 1. The number of aliphatic hydroxyl groups excluding tert-OH is 1. The minimum absolute atomic E-state index is 0.0480. The molecule has 0 atom stereocenters. The third kappa shape index (κ3) is 3.53. The maximum absolute atomic E-state index is 12.7. The van der Waals surface area contributed by atoms with E-state index in [9.17, 15) is 9.90 Å². The number of hydrazone groups is 1. The maximum Gasteiger partial charge on any atom is 0.354 e. The van der Waals surface area contributed by atoms with Gasteiger partial charge in [-0.05, 0) is 42.7 Å². The second kappa shape index (κ2) is 7.90. The molecule has 2 aliphatic heterocycles. The standard InChI is InChI=1S/C22H29N5O4/c1-6-31-21(29)17-11-16(22(2,3)12-28)19-14-10-15(20-23-25-26(4)24-20)18(30-5)9-13(14)7-8-27(17)19/h9-11,25,28H,6-8,12H2,1-5H3,(H,23,24). The van der Waals surface area contributed by atoms with Crippen LogP contribution in [0, 0.1) is 0 Å². The lowest BCUT2D eigenvalue weighted by Gasteiger charge is -2.28. The average molecular weight is 428 g/mol. The molecule has 0 unspecified atom stereocenters. The predicted octanol–water partition coefficient (Wildman–Crippen LogP) is 1.78. The lowest BCUT2D eigenvalue weighted by molar-refractivity contribution is 0.0513. The highest BCUT2D eigenvalue weighted by atomic mass is 16.5. The summed E-state index contributed by atoms with van der Waals surface area (Å²) in [5.74, 6) is 1.00. The number of rotatable bonds is 6. The van der Waals surface area contributed by atoms with Crippen molar-refractivity contribution in [2.75, 3.05) is 27.4 Å². The molecule has 1 aromatic heterocycles. The van der Waals surface area contributed by atoms with Crippen molar-refractivity contribution in [2.24, 2.45) is 5.10 Å². The van der Waals surface area contributed by atoms with E-state index in [1.165, 1.54) is 0 Å². The Morgan fingerprint density at radius 1 is 1.29 bits per heavy atom. The summed E-state index contributed by atoms with van der Waals surface area (Å²) in [4.78, 5) is 12.7. The number of ether oxygens (including phenoxy) is 2. The first-order valence-corrected chi connectivity index (χ1v) is 10.4. The number of hydrogen-bond donors (Lipinski definition) is 3. The van der Waals surface area contributed by atoms with Gasteiger partial charge in [0.2, 0.25) is 0 Å². The van der Waals surface area contributed by atoms with Gasteiger partial charge in [-0.3, -0.25) is 5.43 Å². The van der Waals surface area contributed by atoms with Crippen LogP contribution in [-0.2, 0) is 23.1 Å². The summed E-state index contributed by atoms with van der Waals surface area (Å²) in [5, 5.41) is 16.1. The first-order valence-electron chi connectivity index (χ1n) is 10.4. The second-order valence-corrected chi connectivity index (χ2v) is 8.40. The fraction of sp³-hybridized carbons (Fsp3) is 0.455. The van der Waals surface area contributed by atoms with E-state index in [0.29, 0.717) is 24.7 Å². The topological polar surface area (TPSA) is 100 Å². The van der Waals surface area contributed by atoms with Crippen LogP contribution in [0.25, 0.3) is 11.3 Å². The molecule has 9 heteroatoms. The van der Waals surface area contributed by atoms with Crippen molar-refractivity contribution in [3.05, 3.63) is 40.6 Å². The molecular weight excluding hydrogens is 398 g/mol. The van der Waals surface area contributed by atoms with Crippen LogP contribution in [0.3, 0.4) is 0 Å². The zero-order chi connectivity index (χ0) is 22.3. The Morgan fingerprint density at radius 3 is 2.68 bits per heavy atom. The molecule has 3 heterocycles. The molecule has 0 spiro atoms. The normalized spacial score (nSPS) is 15.5. The van der Waals surface area contributed by atoms with Crippen LogP contribution < -0.4 is 15.7 Å². The fourth-order valence-corrected chi connectivity index (χ4v) is 4.14. The quantitative estimate of drug-likeness (QED) is 0.604. The highest BCUT2D eigenvalue weighted by molar-refractivity contribution is 6.03. The molecule has 1 aromatic carbocycles. The Hall–Kier alpha value is -3.04. The molecule has 0 aliphatic carbocycles. The summed E-state index contributed by atoms with van der Waals surface area (Å²) >= 11 is 0. The monoisotopic (exact) mass is 427 g/mol. The number of hydrazine groups is 2. The van der Waals surface area contributed by atoms with Gasteiger partial charge in [0, 0.05) is 24.6 Å². The van der Waals surface area contributed by atoms with Crippen molar-refractivity contribution in [1.29, 1.82) is 0 Å². The number of nitrogens with one attached hydrogen (secondary N) is 2. The van der Waals surface area contributed by atoms with E-state index in [2.05, 4.69) is 16.1 Å². The van der Waals surface area contributed by atoms with E-state index in [1.807, 2.05) is 43.7 Å². The summed E-state index contributed by atoms with van der Waals surface area (Å²) in [6.45, 7) is 6.64. The van der Waals surface area contributed by atoms with Crippen molar-refractivity contribution < 1.29 is 19.4 Å². The van der Waals surface area contributed by atoms with E-state index in [4.69, 9.17) is 9.47 Å². The molecule has 31 heavy (non-hydrogen) atoms. The van der Waals surface area contributed by atoms with Crippen LogP contribution in [-0.4, -0.2) is 54.0 Å². The summed E-state index contributed by atoms with van der Waals surface area (Å²) in [6, 6.07) is 5.93. The molecule has 3 N–H and O–H groups in total. The van der Waals surface area contributed by atoms with E-state index in [-0.39, 0.29) is 12.6 Å². The smallest absolute Gasteiger partial charge is 0.354 e. The third-order valence-electron chi connectivity index (χ3n) is 5.83. The maximum atomic E-state index is 12.7. The third-order valence-corrected chi connectivity index (χ3v) is 5.83. The summed E-state index contributed by atoms with van der Waals surface area (Å²) in [7, 11) is 3.46. The van der Waals surface area contributed by atoms with Crippen molar-refractivity contribution in [1.82, 2.24) is 20.6 Å². The summed E-state index contributed by atoms with van der Waals surface area (Å²) < 4.78 is 13.0. The minimum atomic E-state index is -0.540. The SMILES string of the molecule is CCOC(=O)c1cc(C(C)(C)CO)c2n1CCc1cc(OC)c(C3=NNN(C)N3)cc1-2. The zero-order valence-corrected chi connectivity index (χ0v) is 18.6. The fourth-order valence-electron chi connectivity index (χ4n) is 4.14. The first-order chi connectivity index (χ1) is 14.8. The summed E-state index contributed by atoms with van der Waals surface area (Å²) in [6.07, 6.45) is 0.747. The van der Waals surface area contributed by atoms with Gasteiger partial charge >= 0.3 is 5.97 Å². The number of nitrogens with zero attached hydrogens (tertiary/aromatic N) is 3. The Kier molecular flexibility index (Phi) is 5.40. The largest absolute Gasteiger partial charge is 0.496 e. The van der Waals surface area contributed by atoms with Crippen molar-refractivity contribution in [3.63, 3.8) is 0 Å². The van der Waals surface area contributed by atoms with Gasteiger partial charge in [-0.2, -0.15) is 0 Å². The molecule has 0 fully saturated rings. The number of methoxy groups -OCH3 is 1. The number of amidine groups is 1. The molecule has 2 aliphatic rings. The number of benzene rings is 1. The number of aryl methyl sites for hydroxylation is 1. The number of fused-ring (bicyclic) bond motifs is 3. The predicted molar refractivity (Wildman–Crippen MR) is 117 cm³/mol. The molecule has 2 aromatic rings. The molecule has 166 valence electrons.